The minimum absolute atomic E-state index is 0.137. The van der Waals surface area contributed by atoms with Crippen LogP contribution in [0.25, 0.3) is 0 Å². The molecule has 0 aliphatic heterocycles. The van der Waals surface area contributed by atoms with E-state index in [1.807, 2.05) is 13.0 Å². The number of aromatic amines is 1. The molecule has 0 fully saturated rings. The lowest BCUT2D eigenvalue weighted by atomic mass is 10.1. The van der Waals surface area contributed by atoms with Crippen molar-refractivity contribution in [2.75, 3.05) is 0 Å². The van der Waals surface area contributed by atoms with Crippen molar-refractivity contribution in [3.8, 4) is 6.07 Å². The molecule has 1 heterocycles. The second-order valence-corrected chi connectivity index (χ2v) is 3.92. The van der Waals surface area contributed by atoms with Crippen molar-refractivity contribution >= 4 is 5.91 Å². The Morgan fingerprint density at radius 2 is 2.39 bits per heavy atom. The predicted octanol–water partition coefficient (Wildman–Crippen LogP) is 1.77. The van der Waals surface area contributed by atoms with Gasteiger partial charge < -0.3 is 5.32 Å². The Balaban J connectivity index is 2.10. The number of nitrogens with one attached hydrogen (secondary N) is 2. The number of hydrogen-bond donors (Lipinski definition) is 2. The van der Waals surface area contributed by atoms with E-state index >= 15 is 0 Å². The van der Waals surface area contributed by atoms with Crippen LogP contribution in [0.1, 0.15) is 34.5 Å². The van der Waals surface area contributed by atoms with Crippen molar-refractivity contribution in [3.63, 3.8) is 0 Å². The number of benzene rings is 1. The van der Waals surface area contributed by atoms with Crippen LogP contribution in [0.15, 0.2) is 36.7 Å². The maximum atomic E-state index is 12.0. The molecule has 0 aliphatic rings. The van der Waals surface area contributed by atoms with E-state index in [2.05, 4.69) is 15.5 Å². The third-order valence-electron chi connectivity index (χ3n) is 2.62. The van der Waals surface area contributed by atoms with Gasteiger partial charge in [0, 0.05) is 17.3 Å². The number of carbonyl (C=O) groups is 1. The highest BCUT2D eigenvalue weighted by atomic mass is 16.1. The van der Waals surface area contributed by atoms with Gasteiger partial charge in [-0.05, 0) is 25.1 Å². The second-order valence-electron chi connectivity index (χ2n) is 3.92. The van der Waals surface area contributed by atoms with Gasteiger partial charge in [0.15, 0.2) is 0 Å². The van der Waals surface area contributed by atoms with E-state index in [0.29, 0.717) is 11.1 Å². The number of rotatable bonds is 3. The number of nitriles is 1. The quantitative estimate of drug-likeness (QED) is 0.857. The van der Waals surface area contributed by atoms with Crippen molar-refractivity contribution < 1.29 is 4.79 Å². The zero-order valence-corrected chi connectivity index (χ0v) is 9.84. The van der Waals surface area contributed by atoms with E-state index in [1.54, 1.807) is 36.7 Å². The van der Waals surface area contributed by atoms with E-state index in [9.17, 15) is 4.79 Å². The Kier molecular flexibility index (Phi) is 3.39. The van der Waals surface area contributed by atoms with Gasteiger partial charge in [0.25, 0.3) is 5.91 Å². The standard InChI is InChI=1S/C13H12N4O/c1-9(12-7-15-16-8-12)17-13(18)11-4-2-3-10(5-11)6-14/h2-5,7-9H,1H3,(H,15,16)(H,17,18). The lowest BCUT2D eigenvalue weighted by molar-refractivity contribution is 0.0940. The van der Waals surface area contributed by atoms with Crippen LogP contribution in [0, 0.1) is 11.3 Å². The Morgan fingerprint density at radius 1 is 1.56 bits per heavy atom. The van der Waals surface area contributed by atoms with E-state index in [0.717, 1.165) is 5.56 Å². The fraction of sp³-hybridized carbons (Fsp3) is 0.154. The molecule has 1 atom stereocenters. The first-order chi connectivity index (χ1) is 8.70. The minimum Gasteiger partial charge on any atom is -0.345 e. The average Bonchev–Trinajstić information content (AvgIpc) is 2.92. The first-order valence-corrected chi connectivity index (χ1v) is 5.50. The molecule has 2 rings (SSSR count). The third-order valence-corrected chi connectivity index (χ3v) is 2.62. The molecule has 5 heteroatoms. The molecule has 90 valence electrons. The molecule has 18 heavy (non-hydrogen) atoms. The first kappa shape index (κ1) is 11.9. The molecule has 1 aromatic heterocycles. The van der Waals surface area contributed by atoms with Gasteiger partial charge in [0.1, 0.15) is 0 Å². The molecule has 0 saturated heterocycles. The van der Waals surface area contributed by atoms with Gasteiger partial charge in [0.05, 0.1) is 23.9 Å². The van der Waals surface area contributed by atoms with Gasteiger partial charge in [-0.3, -0.25) is 9.89 Å². The third kappa shape index (κ3) is 2.55. The highest BCUT2D eigenvalue weighted by Gasteiger charge is 2.12. The Morgan fingerprint density at radius 3 is 3.06 bits per heavy atom. The minimum atomic E-state index is -0.208. The molecule has 0 radical (unpaired) electrons. The Hall–Kier alpha value is -2.61. The number of amides is 1. The van der Waals surface area contributed by atoms with E-state index in [1.165, 1.54) is 0 Å². The summed E-state index contributed by atoms with van der Waals surface area (Å²) >= 11 is 0. The topological polar surface area (TPSA) is 81.6 Å². The molecular formula is C13H12N4O. The first-order valence-electron chi connectivity index (χ1n) is 5.50. The summed E-state index contributed by atoms with van der Waals surface area (Å²) in [7, 11) is 0. The monoisotopic (exact) mass is 240 g/mol. The predicted molar refractivity (Wildman–Crippen MR) is 65.6 cm³/mol. The summed E-state index contributed by atoms with van der Waals surface area (Å²) in [6.07, 6.45) is 3.40. The van der Waals surface area contributed by atoms with Crippen molar-refractivity contribution in [2.45, 2.75) is 13.0 Å². The summed E-state index contributed by atoms with van der Waals surface area (Å²) in [6, 6.07) is 8.47. The smallest absolute Gasteiger partial charge is 0.251 e. The normalized spacial score (nSPS) is 11.6. The van der Waals surface area contributed by atoms with E-state index in [-0.39, 0.29) is 11.9 Å². The molecule has 1 amide bonds. The molecule has 0 bridgehead atoms. The number of aromatic nitrogens is 2. The summed E-state index contributed by atoms with van der Waals surface area (Å²) in [5.74, 6) is -0.208. The number of carbonyl (C=O) groups excluding carboxylic acids is 1. The number of H-pyrrole nitrogens is 1. The van der Waals surface area contributed by atoms with Crippen LogP contribution in [0.4, 0.5) is 0 Å². The lowest BCUT2D eigenvalue weighted by Gasteiger charge is -2.11. The summed E-state index contributed by atoms with van der Waals surface area (Å²) in [6.45, 7) is 1.87. The highest BCUT2D eigenvalue weighted by molar-refractivity contribution is 5.94. The maximum absolute atomic E-state index is 12.0. The zero-order chi connectivity index (χ0) is 13.0. The Labute approximate surface area is 104 Å². The maximum Gasteiger partial charge on any atom is 0.251 e. The summed E-state index contributed by atoms with van der Waals surface area (Å²) in [5, 5.41) is 18.2. The van der Waals surface area contributed by atoms with Gasteiger partial charge in [-0.2, -0.15) is 10.4 Å². The zero-order valence-electron chi connectivity index (χ0n) is 9.84. The fourth-order valence-electron chi connectivity index (χ4n) is 1.59. The summed E-state index contributed by atoms with van der Waals surface area (Å²) < 4.78 is 0. The number of hydrogen-bond acceptors (Lipinski definition) is 3. The average molecular weight is 240 g/mol. The van der Waals surface area contributed by atoms with Gasteiger partial charge >= 0.3 is 0 Å². The van der Waals surface area contributed by atoms with Crippen molar-refractivity contribution in [1.82, 2.24) is 15.5 Å². The molecule has 1 unspecified atom stereocenters. The lowest BCUT2D eigenvalue weighted by Crippen LogP contribution is -2.26. The molecule has 2 N–H and O–H groups in total. The molecule has 5 nitrogen and oxygen atoms in total. The largest absolute Gasteiger partial charge is 0.345 e. The van der Waals surface area contributed by atoms with Gasteiger partial charge in [0.2, 0.25) is 0 Å². The van der Waals surface area contributed by atoms with Crippen LogP contribution in [0.3, 0.4) is 0 Å². The van der Waals surface area contributed by atoms with Crippen LogP contribution in [-0.2, 0) is 0 Å². The number of nitrogens with zero attached hydrogens (tertiary/aromatic N) is 2. The molecule has 0 aliphatic carbocycles. The Bertz CT molecular complexity index is 583. The molecular weight excluding hydrogens is 228 g/mol. The van der Waals surface area contributed by atoms with Crippen LogP contribution in [0.5, 0.6) is 0 Å². The summed E-state index contributed by atoms with van der Waals surface area (Å²) in [4.78, 5) is 12.0. The van der Waals surface area contributed by atoms with Crippen molar-refractivity contribution in [2.24, 2.45) is 0 Å². The van der Waals surface area contributed by atoms with E-state index in [4.69, 9.17) is 5.26 Å². The SMILES string of the molecule is CC(NC(=O)c1cccc(C#N)c1)c1cn[nH]c1. The van der Waals surface area contributed by atoms with Gasteiger partial charge in [-0.1, -0.05) is 6.07 Å². The second kappa shape index (κ2) is 5.15. The molecule has 0 spiro atoms. The van der Waals surface area contributed by atoms with Crippen molar-refractivity contribution in [3.05, 3.63) is 53.3 Å². The van der Waals surface area contributed by atoms with Crippen LogP contribution in [0.2, 0.25) is 0 Å². The molecule has 2 aromatic rings. The van der Waals surface area contributed by atoms with Crippen LogP contribution >= 0.6 is 0 Å². The van der Waals surface area contributed by atoms with Gasteiger partial charge in [-0.15, -0.1) is 0 Å². The summed E-state index contributed by atoms with van der Waals surface area (Å²) in [5.41, 5.74) is 1.85. The van der Waals surface area contributed by atoms with E-state index < -0.39 is 0 Å². The van der Waals surface area contributed by atoms with Crippen LogP contribution in [-0.4, -0.2) is 16.1 Å². The fourth-order valence-corrected chi connectivity index (χ4v) is 1.59. The van der Waals surface area contributed by atoms with Crippen LogP contribution < -0.4 is 5.32 Å². The highest BCUT2D eigenvalue weighted by Crippen LogP contribution is 2.11. The molecule has 1 aromatic carbocycles. The van der Waals surface area contributed by atoms with Crippen molar-refractivity contribution in [1.29, 1.82) is 5.26 Å². The van der Waals surface area contributed by atoms with Gasteiger partial charge in [-0.25, -0.2) is 0 Å². The molecule has 0 saturated carbocycles.